The number of rotatable bonds is 4. The summed E-state index contributed by atoms with van der Waals surface area (Å²) in [5.74, 6) is 2.94. The number of hydrogen-bond donors (Lipinski definition) is 1. The molecule has 126 valence electrons. The highest BCUT2D eigenvalue weighted by Gasteiger charge is 2.18. The summed E-state index contributed by atoms with van der Waals surface area (Å²) in [6.45, 7) is 0. The average Bonchev–Trinajstić information content (AvgIpc) is 3.36. The minimum Gasteiger partial charge on any atom is -0.444 e. The highest BCUT2D eigenvalue weighted by atomic mass is 32.2. The van der Waals surface area contributed by atoms with Crippen molar-refractivity contribution in [2.45, 2.75) is 4.58 Å². The SMILES string of the molecule is O=C(Nc1cccc(C2SCCS2)c1)c1ccc(-c2cnco2)cc1. The summed E-state index contributed by atoms with van der Waals surface area (Å²) in [4.78, 5) is 16.4. The second kappa shape index (κ2) is 7.37. The Kier molecular flexibility index (Phi) is 4.81. The molecule has 1 amide bonds. The van der Waals surface area contributed by atoms with Gasteiger partial charge in [0.15, 0.2) is 12.2 Å². The molecule has 0 atom stereocenters. The van der Waals surface area contributed by atoms with E-state index in [1.54, 1.807) is 18.3 Å². The number of carbonyl (C=O) groups excluding carboxylic acids is 1. The number of anilines is 1. The highest BCUT2D eigenvalue weighted by molar-refractivity contribution is 8.19. The van der Waals surface area contributed by atoms with Crippen LogP contribution in [0.3, 0.4) is 0 Å². The largest absolute Gasteiger partial charge is 0.444 e. The van der Waals surface area contributed by atoms with Crippen molar-refractivity contribution < 1.29 is 9.21 Å². The van der Waals surface area contributed by atoms with Crippen LogP contribution in [0, 0.1) is 0 Å². The predicted octanol–water partition coefficient (Wildman–Crippen LogP) is 5.07. The van der Waals surface area contributed by atoms with Gasteiger partial charge in [-0.25, -0.2) is 4.98 Å². The van der Waals surface area contributed by atoms with Gasteiger partial charge in [0.05, 0.1) is 10.8 Å². The molecule has 0 saturated carbocycles. The second-order valence-corrected chi connectivity index (χ2v) is 8.32. The molecule has 1 aromatic heterocycles. The Balaban J connectivity index is 1.47. The lowest BCUT2D eigenvalue weighted by molar-refractivity contribution is 0.102. The summed E-state index contributed by atoms with van der Waals surface area (Å²) in [5, 5.41) is 2.98. The van der Waals surface area contributed by atoms with Crippen LogP contribution in [0.5, 0.6) is 0 Å². The number of nitrogens with zero attached hydrogens (tertiary/aromatic N) is 1. The maximum absolute atomic E-state index is 12.5. The molecule has 6 heteroatoms. The van der Waals surface area contributed by atoms with Gasteiger partial charge < -0.3 is 9.73 Å². The molecule has 1 aliphatic heterocycles. The molecule has 4 rings (SSSR count). The Bertz CT molecular complexity index is 857. The third kappa shape index (κ3) is 3.75. The van der Waals surface area contributed by atoms with Gasteiger partial charge in [0.25, 0.3) is 5.91 Å². The first-order valence-electron chi connectivity index (χ1n) is 7.93. The monoisotopic (exact) mass is 368 g/mol. The van der Waals surface area contributed by atoms with Gasteiger partial charge in [0, 0.05) is 28.3 Å². The van der Waals surface area contributed by atoms with E-state index in [1.165, 1.54) is 23.5 Å². The Morgan fingerprint density at radius 3 is 2.64 bits per heavy atom. The molecule has 1 N–H and O–H groups in total. The van der Waals surface area contributed by atoms with E-state index >= 15 is 0 Å². The summed E-state index contributed by atoms with van der Waals surface area (Å²) >= 11 is 3.91. The van der Waals surface area contributed by atoms with E-state index in [0.717, 1.165) is 11.3 Å². The minimum atomic E-state index is -0.118. The van der Waals surface area contributed by atoms with Crippen LogP contribution in [0.25, 0.3) is 11.3 Å². The standard InChI is InChI=1S/C19H16N2O2S2/c22-18(14-6-4-13(5-7-14)17-11-20-12-23-17)21-16-3-1-2-15(10-16)19-24-8-9-25-19/h1-7,10-12,19H,8-9H2,(H,21,22). The van der Waals surface area contributed by atoms with Crippen LogP contribution in [0.4, 0.5) is 5.69 Å². The van der Waals surface area contributed by atoms with Gasteiger partial charge in [-0.2, -0.15) is 0 Å². The fourth-order valence-electron chi connectivity index (χ4n) is 2.66. The smallest absolute Gasteiger partial charge is 0.255 e. The van der Waals surface area contributed by atoms with E-state index in [4.69, 9.17) is 4.42 Å². The summed E-state index contributed by atoms with van der Waals surface area (Å²) in [7, 11) is 0. The number of amides is 1. The van der Waals surface area contributed by atoms with Crippen molar-refractivity contribution in [3.8, 4) is 11.3 Å². The molecule has 25 heavy (non-hydrogen) atoms. The fourth-order valence-corrected chi connectivity index (χ4v) is 5.50. The van der Waals surface area contributed by atoms with Crippen molar-refractivity contribution in [1.82, 2.24) is 4.98 Å². The molecule has 2 aromatic carbocycles. The summed E-state index contributed by atoms with van der Waals surface area (Å²) < 4.78 is 5.73. The lowest BCUT2D eigenvalue weighted by Crippen LogP contribution is -2.11. The van der Waals surface area contributed by atoms with Crippen molar-refractivity contribution in [2.24, 2.45) is 0 Å². The van der Waals surface area contributed by atoms with Crippen molar-refractivity contribution in [2.75, 3.05) is 16.8 Å². The van der Waals surface area contributed by atoms with Crippen LogP contribution in [0.2, 0.25) is 0 Å². The second-order valence-electron chi connectivity index (χ2n) is 5.60. The van der Waals surface area contributed by atoms with Crippen molar-refractivity contribution in [3.63, 3.8) is 0 Å². The quantitative estimate of drug-likeness (QED) is 0.696. The number of benzene rings is 2. The van der Waals surface area contributed by atoms with Crippen LogP contribution in [0.15, 0.2) is 65.5 Å². The number of thioether (sulfide) groups is 2. The molecule has 1 fully saturated rings. The van der Waals surface area contributed by atoms with Gasteiger partial charge in [-0.1, -0.05) is 24.3 Å². The zero-order valence-electron chi connectivity index (χ0n) is 13.3. The molecule has 3 aromatic rings. The van der Waals surface area contributed by atoms with E-state index in [0.29, 0.717) is 15.9 Å². The van der Waals surface area contributed by atoms with E-state index in [9.17, 15) is 4.79 Å². The maximum atomic E-state index is 12.5. The third-order valence-corrected chi connectivity index (χ3v) is 7.01. The van der Waals surface area contributed by atoms with Gasteiger partial charge >= 0.3 is 0 Å². The van der Waals surface area contributed by atoms with E-state index in [1.807, 2.05) is 47.8 Å². The van der Waals surface area contributed by atoms with Gasteiger partial charge in [-0.05, 0) is 29.8 Å². The Hall–Kier alpha value is -2.18. The van der Waals surface area contributed by atoms with Crippen LogP contribution in [-0.2, 0) is 0 Å². The number of oxazole rings is 1. The zero-order chi connectivity index (χ0) is 17.1. The fraction of sp³-hybridized carbons (Fsp3) is 0.158. The van der Waals surface area contributed by atoms with E-state index < -0.39 is 0 Å². The van der Waals surface area contributed by atoms with Crippen LogP contribution in [-0.4, -0.2) is 22.4 Å². The van der Waals surface area contributed by atoms with E-state index in [2.05, 4.69) is 22.4 Å². The van der Waals surface area contributed by atoms with Crippen molar-refractivity contribution in [1.29, 1.82) is 0 Å². The lowest BCUT2D eigenvalue weighted by atomic mass is 10.1. The van der Waals surface area contributed by atoms with Gasteiger partial charge in [-0.3, -0.25) is 4.79 Å². The van der Waals surface area contributed by atoms with Gasteiger partial charge in [-0.15, -0.1) is 23.5 Å². The molecular weight excluding hydrogens is 352 g/mol. The first-order valence-corrected chi connectivity index (χ1v) is 10.0. The molecule has 0 aliphatic carbocycles. The van der Waals surface area contributed by atoms with Crippen molar-refractivity contribution in [3.05, 3.63) is 72.2 Å². The average molecular weight is 368 g/mol. The normalized spacial score (nSPS) is 14.6. The van der Waals surface area contributed by atoms with Crippen LogP contribution >= 0.6 is 23.5 Å². The lowest BCUT2D eigenvalue weighted by Gasteiger charge is -2.11. The first-order chi connectivity index (χ1) is 12.3. The molecule has 2 heterocycles. The van der Waals surface area contributed by atoms with Crippen molar-refractivity contribution >= 4 is 35.1 Å². The predicted molar refractivity (Wildman–Crippen MR) is 104 cm³/mol. The number of nitrogens with one attached hydrogen (secondary N) is 1. The Morgan fingerprint density at radius 2 is 1.92 bits per heavy atom. The number of hydrogen-bond acceptors (Lipinski definition) is 5. The molecule has 0 radical (unpaired) electrons. The van der Waals surface area contributed by atoms with Crippen LogP contribution < -0.4 is 5.32 Å². The number of carbonyl (C=O) groups is 1. The first kappa shape index (κ1) is 16.3. The molecule has 1 aliphatic rings. The maximum Gasteiger partial charge on any atom is 0.255 e. The summed E-state index contributed by atoms with van der Waals surface area (Å²) in [6.07, 6.45) is 3.05. The molecule has 0 bridgehead atoms. The molecule has 4 nitrogen and oxygen atoms in total. The summed E-state index contributed by atoms with van der Waals surface area (Å²) in [5.41, 5.74) is 3.59. The zero-order valence-corrected chi connectivity index (χ0v) is 15.0. The third-order valence-electron chi connectivity index (χ3n) is 3.90. The molecule has 1 saturated heterocycles. The molecular formula is C19H16N2O2S2. The minimum absolute atomic E-state index is 0.118. The van der Waals surface area contributed by atoms with E-state index in [-0.39, 0.29) is 5.91 Å². The highest BCUT2D eigenvalue weighted by Crippen LogP contribution is 2.45. The topological polar surface area (TPSA) is 55.1 Å². The summed E-state index contributed by atoms with van der Waals surface area (Å²) in [6, 6.07) is 15.4. The Morgan fingerprint density at radius 1 is 1.12 bits per heavy atom. The van der Waals surface area contributed by atoms with Gasteiger partial charge in [0.1, 0.15) is 0 Å². The van der Waals surface area contributed by atoms with Crippen LogP contribution in [0.1, 0.15) is 20.5 Å². The molecule has 0 unspecified atom stereocenters. The molecule has 0 spiro atoms. The number of aromatic nitrogens is 1. The van der Waals surface area contributed by atoms with Gasteiger partial charge in [0.2, 0.25) is 0 Å². The Labute approximate surface area is 154 Å².